The van der Waals surface area contributed by atoms with Crippen molar-refractivity contribution >= 4 is 5.91 Å². The molecule has 0 saturated heterocycles. The molecule has 1 aliphatic rings. The first-order valence-corrected chi connectivity index (χ1v) is 7.47. The standard InChI is InChI=1S/C15H19N5O2/c1-22-14-7-6-11(9-16-14)15(21)17-10-13-19-18-12-5-3-2-4-8-20(12)13/h6-7,9H,2-5,8,10H2,1H3,(H,17,21). The van der Waals surface area contributed by atoms with Crippen molar-refractivity contribution in [1.29, 1.82) is 0 Å². The average molecular weight is 301 g/mol. The van der Waals surface area contributed by atoms with Crippen LogP contribution in [0.3, 0.4) is 0 Å². The summed E-state index contributed by atoms with van der Waals surface area (Å²) in [6.07, 6.45) is 5.96. The van der Waals surface area contributed by atoms with Crippen molar-refractivity contribution < 1.29 is 9.53 Å². The molecular weight excluding hydrogens is 282 g/mol. The molecule has 0 fully saturated rings. The second-order valence-electron chi connectivity index (χ2n) is 5.27. The maximum Gasteiger partial charge on any atom is 0.253 e. The number of methoxy groups -OCH3 is 1. The lowest BCUT2D eigenvalue weighted by atomic mass is 10.2. The number of nitrogens with one attached hydrogen (secondary N) is 1. The highest BCUT2D eigenvalue weighted by atomic mass is 16.5. The second-order valence-corrected chi connectivity index (χ2v) is 5.27. The zero-order chi connectivity index (χ0) is 15.4. The van der Waals surface area contributed by atoms with E-state index in [-0.39, 0.29) is 5.91 Å². The van der Waals surface area contributed by atoms with E-state index < -0.39 is 0 Å². The van der Waals surface area contributed by atoms with Gasteiger partial charge in [-0.1, -0.05) is 6.42 Å². The number of pyridine rings is 1. The first kappa shape index (κ1) is 14.5. The summed E-state index contributed by atoms with van der Waals surface area (Å²) in [5.74, 6) is 2.14. The van der Waals surface area contributed by atoms with Crippen LogP contribution in [0.2, 0.25) is 0 Å². The van der Waals surface area contributed by atoms with Crippen LogP contribution in [0.1, 0.15) is 41.3 Å². The molecule has 0 spiro atoms. The van der Waals surface area contributed by atoms with Crippen molar-refractivity contribution in [1.82, 2.24) is 25.1 Å². The Morgan fingerprint density at radius 2 is 2.23 bits per heavy atom. The van der Waals surface area contributed by atoms with Gasteiger partial charge in [0.15, 0.2) is 5.82 Å². The summed E-state index contributed by atoms with van der Waals surface area (Å²) in [6, 6.07) is 3.35. The van der Waals surface area contributed by atoms with Crippen LogP contribution < -0.4 is 10.1 Å². The number of hydrogen-bond acceptors (Lipinski definition) is 5. The van der Waals surface area contributed by atoms with Crippen molar-refractivity contribution in [2.75, 3.05) is 7.11 Å². The number of aryl methyl sites for hydroxylation is 1. The van der Waals surface area contributed by atoms with Gasteiger partial charge in [-0.25, -0.2) is 4.98 Å². The topological polar surface area (TPSA) is 81.9 Å². The molecule has 1 aliphatic heterocycles. The Morgan fingerprint density at radius 1 is 1.32 bits per heavy atom. The molecule has 7 nitrogen and oxygen atoms in total. The number of amides is 1. The molecule has 0 bridgehead atoms. The van der Waals surface area contributed by atoms with Gasteiger partial charge in [0.05, 0.1) is 19.2 Å². The Morgan fingerprint density at radius 3 is 3.00 bits per heavy atom. The summed E-state index contributed by atoms with van der Waals surface area (Å²) in [4.78, 5) is 16.2. The predicted octanol–water partition coefficient (Wildman–Crippen LogP) is 1.34. The molecule has 0 saturated carbocycles. The van der Waals surface area contributed by atoms with Crippen LogP contribution in [0.4, 0.5) is 0 Å². The van der Waals surface area contributed by atoms with Gasteiger partial charge in [-0.3, -0.25) is 4.79 Å². The zero-order valence-corrected chi connectivity index (χ0v) is 12.6. The molecule has 2 aromatic rings. The van der Waals surface area contributed by atoms with Gasteiger partial charge in [0.25, 0.3) is 5.91 Å². The van der Waals surface area contributed by atoms with E-state index in [4.69, 9.17) is 4.74 Å². The van der Waals surface area contributed by atoms with Crippen LogP contribution in [0.5, 0.6) is 5.88 Å². The average Bonchev–Trinajstić information content (AvgIpc) is 2.79. The Bertz CT molecular complexity index is 650. The van der Waals surface area contributed by atoms with Crippen molar-refractivity contribution in [3.8, 4) is 5.88 Å². The molecular formula is C15H19N5O2. The summed E-state index contributed by atoms with van der Waals surface area (Å²) in [5.41, 5.74) is 0.497. The summed E-state index contributed by atoms with van der Waals surface area (Å²) in [6.45, 7) is 1.30. The summed E-state index contributed by atoms with van der Waals surface area (Å²) >= 11 is 0. The quantitative estimate of drug-likeness (QED) is 0.921. The van der Waals surface area contributed by atoms with E-state index in [1.807, 2.05) is 0 Å². The molecule has 0 aromatic carbocycles. The number of rotatable bonds is 4. The number of nitrogens with zero attached hydrogens (tertiary/aromatic N) is 4. The smallest absolute Gasteiger partial charge is 0.253 e. The van der Waals surface area contributed by atoms with Gasteiger partial charge < -0.3 is 14.6 Å². The van der Waals surface area contributed by atoms with Crippen LogP contribution >= 0.6 is 0 Å². The first-order valence-electron chi connectivity index (χ1n) is 7.47. The van der Waals surface area contributed by atoms with E-state index in [0.29, 0.717) is 18.0 Å². The number of carbonyl (C=O) groups is 1. The molecule has 0 aliphatic carbocycles. The van der Waals surface area contributed by atoms with Gasteiger partial charge in [0.1, 0.15) is 5.82 Å². The van der Waals surface area contributed by atoms with E-state index in [0.717, 1.165) is 37.5 Å². The maximum atomic E-state index is 12.1. The molecule has 22 heavy (non-hydrogen) atoms. The third kappa shape index (κ3) is 3.08. The largest absolute Gasteiger partial charge is 0.481 e. The highest BCUT2D eigenvalue weighted by Crippen LogP contribution is 2.14. The third-order valence-electron chi connectivity index (χ3n) is 3.80. The van der Waals surface area contributed by atoms with Gasteiger partial charge in [-0.2, -0.15) is 0 Å². The summed E-state index contributed by atoms with van der Waals surface area (Å²) < 4.78 is 7.10. The lowest BCUT2D eigenvalue weighted by molar-refractivity contribution is 0.0949. The lowest BCUT2D eigenvalue weighted by Gasteiger charge is -2.08. The van der Waals surface area contributed by atoms with Crippen LogP contribution in [0.15, 0.2) is 18.3 Å². The fourth-order valence-corrected chi connectivity index (χ4v) is 2.57. The molecule has 116 valence electrons. The highest BCUT2D eigenvalue weighted by Gasteiger charge is 2.15. The molecule has 3 heterocycles. The van der Waals surface area contributed by atoms with E-state index >= 15 is 0 Å². The molecule has 1 N–H and O–H groups in total. The van der Waals surface area contributed by atoms with E-state index in [1.165, 1.54) is 12.6 Å². The van der Waals surface area contributed by atoms with E-state index in [2.05, 4.69) is 25.1 Å². The number of aromatic nitrogens is 4. The van der Waals surface area contributed by atoms with Crippen LogP contribution in [-0.4, -0.2) is 32.8 Å². The SMILES string of the molecule is COc1ccc(C(=O)NCc2nnc3n2CCCCC3)cn1. The fourth-order valence-electron chi connectivity index (χ4n) is 2.57. The van der Waals surface area contributed by atoms with Crippen molar-refractivity contribution in [3.63, 3.8) is 0 Å². The highest BCUT2D eigenvalue weighted by molar-refractivity contribution is 5.93. The molecule has 2 aromatic heterocycles. The first-order chi connectivity index (χ1) is 10.8. The van der Waals surface area contributed by atoms with Crippen LogP contribution in [0, 0.1) is 0 Å². The normalized spacial score (nSPS) is 14.0. The van der Waals surface area contributed by atoms with Crippen molar-refractivity contribution in [3.05, 3.63) is 35.5 Å². The Labute approximate surface area is 128 Å². The van der Waals surface area contributed by atoms with Gasteiger partial charge in [-0.15, -0.1) is 10.2 Å². The molecule has 7 heteroatoms. The summed E-state index contributed by atoms with van der Waals surface area (Å²) in [7, 11) is 1.54. The second kappa shape index (κ2) is 6.55. The number of hydrogen-bond donors (Lipinski definition) is 1. The Balaban J connectivity index is 1.64. The molecule has 3 rings (SSSR count). The minimum atomic E-state index is -0.180. The van der Waals surface area contributed by atoms with Gasteiger partial charge in [-0.05, 0) is 18.9 Å². The molecule has 1 amide bonds. The minimum Gasteiger partial charge on any atom is -0.481 e. The van der Waals surface area contributed by atoms with Gasteiger partial charge in [0.2, 0.25) is 5.88 Å². The number of fused-ring (bicyclic) bond motifs is 1. The summed E-state index contributed by atoms with van der Waals surface area (Å²) in [5, 5.41) is 11.3. The van der Waals surface area contributed by atoms with Crippen LogP contribution in [-0.2, 0) is 19.5 Å². The molecule has 0 atom stereocenters. The third-order valence-corrected chi connectivity index (χ3v) is 3.80. The number of carbonyl (C=O) groups excluding carboxylic acids is 1. The van der Waals surface area contributed by atoms with E-state index in [1.54, 1.807) is 19.2 Å². The monoisotopic (exact) mass is 301 g/mol. The lowest BCUT2D eigenvalue weighted by Crippen LogP contribution is -2.25. The van der Waals surface area contributed by atoms with Gasteiger partial charge >= 0.3 is 0 Å². The zero-order valence-electron chi connectivity index (χ0n) is 12.6. The van der Waals surface area contributed by atoms with E-state index in [9.17, 15) is 4.79 Å². The fraction of sp³-hybridized carbons (Fsp3) is 0.467. The maximum absolute atomic E-state index is 12.1. The number of ether oxygens (including phenoxy) is 1. The van der Waals surface area contributed by atoms with Crippen molar-refractivity contribution in [2.45, 2.75) is 38.8 Å². The van der Waals surface area contributed by atoms with Gasteiger partial charge in [0, 0.05) is 25.2 Å². The Hall–Kier alpha value is -2.44. The predicted molar refractivity (Wildman–Crippen MR) is 79.5 cm³/mol. The minimum absolute atomic E-state index is 0.180. The molecule has 0 radical (unpaired) electrons. The Kier molecular flexibility index (Phi) is 4.32. The van der Waals surface area contributed by atoms with Crippen molar-refractivity contribution in [2.24, 2.45) is 0 Å². The van der Waals surface area contributed by atoms with Crippen LogP contribution in [0.25, 0.3) is 0 Å². The molecule has 0 unspecified atom stereocenters.